The summed E-state index contributed by atoms with van der Waals surface area (Å²) < 4.78 is 2.01. The first kappa shape index (κ1) is 12.6. The van der Waals surface area contributed by atoms with Gasteiger partial charge in [0.25, 0.3) is 0 Å². The quantitative estimate of drug-likeness (QED) is 0.809. The van der Waals surface area contributed by atoms with E-state index in [0.717, 1.165) is 6.54 Å². The Morgan fingerprint density at radius 2 is 2.29 bits per heavy atom. The number of hydrogen-bond acceptors (Lipinski definition) is 3. The number of rotatable bonds is 6. The fourth-order valence-electron chi connectivity index (χ4n) is 2.53. The zero-order valence-corrected chi connectivity index (χ0v) is 11.0. The van der Waals surface area contributed by atoms with Crippen molar-refractivity contribution >= 4 is 0 Å². The van der Waals surface area contributed by atoms with Gasteiger partial charge in [0.1, 0.15) is 0 Å². The van der Waals surface area contributed by atoms with Crippen molar-refractivity contribution in [1.82, 2.24) is 20.0 Å². The van der Waals surface area contributed by atoms with Crippen LogP contribution in [0.25, 0.3) is 0 Å². The summed E-state index contributed by atoms with van der Waals surface area (Å²) in [6, 6.07) is 3.28. The molecule has 1 aliphatic rings. The van der Waals surface area contributed by atoms with Crippen molar-refractivity contribution in [3.8, 4) is 0 Å². The van der Waals surface area contributed by atoms with E-state index in [4.69, 9.17) is 0 Å². The molecule has 1 aromatic rings. The lowest BCUT2D eigenvalue weighted by molar-refractivity contribution is 0.310. The molecule has 0 saturated carbocycles. The zero-order chi connectivity index (χ0) is 12.1. The third-order valence-corrected chi connectivity index (χ3v) is 3.26. The molecule has 1 N–H and O–H groups in total. The van der Waals surface area contributed by atoms with Crippen molar-refractivity contribution in [2.75, 3.05) is 19.6 Å². The van der Waals surface area contributed by atoms with Gasteiger partial charge in [0.2, 0.25) is 0 Å². The van der Waals surface area contributed by atoms with Crippen LogP contribution in [-0.2, 0) is 6.54 Å². The van der Waals surface area contributed by atoms with Crippen LogP contribution in [0.2, 0.25) is 0 Å². The van der Waals surface area contributed by atoms with E-state index in [2.05, 4.69) is 29.2 Å². The smallest absolute Gasteiger partial charge is 0.0489 e. The van der Waals surface area contributed by atoms with E-state index < -0.39 is 0 Å². The number of hydrogen-bond donors (Lipinski definition) is 1. The molecule has 4 heteroatoms. The van der Waals surface area contributed by atoms with E-state index in [1.807, 2.05) is 23.1 Å². The van der Waals surface area contributed by atoms with Gasteiger partial charge in [0.15, 0.2) is 0 Å². The third-order valence-electron chi connectivity index (χ3n) is 3.26. The zero-order valence-electron chi connectivity index (χ0n) is 11.0. The summed E-state index contributed by atoms with van der Waals surface area (Å²) in [4.78, 5) is 2.56. The van der Waals surface area contributed by atoms with Crippen molar-refractivity contribution in [3.63, 3.8) is 0 Å². The molecule has 0 aromatic carbocycles. The van der Waals surface area contributed by atoms with Gasteiger partial charge in [-0.1, -0.05) is 13.8 Å². The van der Waals surface area contributed by atoms with Crippen LogP contribution < -0.4 is 5.32 Å². The molecular weight excluding hydrogens is 212 g/mol. The van der Waals surface area contributed by atoms with Gasteiger partial charge in [-0.15, -0.1) is 0 Å². The largest absolute Gasteiger partial charge is 0.310 e. The highest BCUT2D eigenvalue weighted by Crippen LogP contribution is 2.10. The van der Waals surface area contributed by atoms with E-state index >= 15 is 0 Å². The Hall–Kier alpha value is -0.870. The van der Waals surface area contributed by atoms with E-state index in [-0.39, 0.29) is 0 Å². The first-order chi connectivity index (χ1) is 8.24. The highest BCUT2D eigenvalue weighted by Gasteiger charge is 2.21. The standard InChI is InChI=1S/C13H24N4/c1-12(2)15-13-5-10-16(11-13)7-4-9-17-8-3-6-14-17/h3,6,8,12-13,15H,4-5,7,9-11H2,1-2H3. The summed E-state index contributed by atoms with van der Waals surface area (Å²) in [7, 11) is 0. The predicted octanol–water partition coefficient (Wildman–Crippen LogP) is 1.35. The van der Waals surface area contributed by atoms with Gasteiger partial charge >= 0.3 is 0 Å². The van der Waals surface area contributed by atoms with Crippen LogP contribution in [0.15, 0.2) is 18.5 Å². The summed E-state index contributed by atoms with van der Waals surface area (Å²) in [5.41, 5.74) is 0. The minimum Gasteiger partial charge on any atom is -0.310 e. The molecule has 96 valence electrons. The maximum absolute atomic E-state index is 4.22. The first-order valence-corrected chi connectivity index (χ1v) is 6.70. The lowest BCUT2D eigenvalue weighted by Crippen LogP contribution is -2.37. The maximum atomic E-state index is 4.22. The highest BCUT2D eigenvalue weighted by atomic mass is 15.3. The van der Waals surface area contributed by atoms with Gasteiger partial charge in [0.05, 0.1) is 0 Å². The van der Waals surface area contributed by atoms with E-state index in [9.17, 15) is 0 Å². The number of aryl methyl sites for hydroxylation is 1. The normalized spacial score (nSPS) is 21.5. The van der Waals surface area contributed by atoms with Crippen molar-refractivity contribution in [2.45, 2.75) is 45.3 Å². The van der Waals surface area contributed by atoms with Gasteiger partial charge in [-0.05, 0) is 32.0 Å². The summed E-state index contributed by atoms with van der Waals surface area (Å²) in [5.74, 6) is 0. The first-order valence-electron chi connectivity index (χ1n) is 6.70. The molecule has 1 aliphatic heterocycles. The molecule has 0 aliphatic carbocycles. The molecule has 1 unspecified atom stereocenters. The number of likely N-dealkylation sites (tertiary alicyclic amines) is 1. The number of nitrogens with one attached hydrogen (secondary N) is 1. The Labute approximate surface area is 104 Å². The minimum absolute atomic E-state index is 0.601. The lowest BCUT2D eigenvalue weighted by Gasteiger charge is -2.18. The number of aromatic nitrogens is 2. The van der Waals surface area contributed by atoms with Crippen LogP contribution in [0.5, 0.6) is 0 Å². The van der Waals surface area contributed by atoms with Crippen LogP contribution in [0.1, 0.15) is 26.7 Å². The predicted molar refractivity (Wildman–Crippen MR) is 70.0 cm³/mol. The third kappa shape index (κ3) is 4.13. The van der Waals surface area contributed by atoms with Gasteiger partial charge < -0.3 is 10.2 Å². The molecule has 2 heterocycles. The minimum atomic E-state index is 0.601. The van der Waals surface area contributed by atoms with E-state index in [1.165, 1.54) is 32.5 Å². The molecule has 4 nitrogen and oxygen atoms in total. The van der Waals surface area contributed by atoms with Crippen LogP contribution >= 0.6 is 0 Å². The molecule has 17 heavy (non-hydrogen) atoms. The van der Waals surface area contributed by atoms with Gasteiger partial charge in [-0.25, -0.2) is 0 Å². The molecule has 0 bridgehead atoms. The molecule has 1 saturated heterocycles. The molecular formula is C13H24N4. The molecule has 1 atom stereocenters. The molecule has 0 spiro atoms. The number of nitrogens with zero attached hydrogens (tertiary/aromatic N) is 3. The second kappa shape index (κ2) is 6.17. The molecule has 1 aromatic heterocycles. The monoisotopic (exact) mass is 236 g/mol. The van der Waals surface area contributed by atoms with Gasteiger partial charge in [-0.2, -0.15) is 5.10 Å². The van der Waals surface area contributed by atoms with Crippen LogP contribution in [0.4, 0.5) is 0 Å². The molecule has 0 radical (unpaired) electrons. The fourth-order valence-corrected chi connectivity index (χ4v) is 2.53. The Morgan fingerprint density at radius 3 is 3.00 bits per heavy atom. The Bertz CT molecular complexity index is 307. The van der Waals surface area contributed by atoms with E-state index in [1.54, 1.807) is 0 Å². The van der Waals surface area contributed by atoms with Crippen molar-refractivity contribution in [2.24, 2.45) is 0 Å². The summed E-state index contributed by atoms with van der Waals surface area (Å²) >= 11 is 0. The average molecular weight is 236 g/mol. The molecule has 1 fully saturated rings. The topological polar surface area (TPSA) is 33.1 Å². The van der Waals surface area contributed by atoms with Crippen LogP contribution in [0, 0.1) is 0 Å². The van der Waals surface area contributed by atoms with Gasteiger partial charge in [0, 0.05) is 37.6 Å². The summed E-state index contributed by atoms with van der Waals surface area (Å²) in [6.45, 7) is 9.11. The highest BCUT2D eigenvalue weighted by molar-refractivity contribution is 4.82. The average Bonchev–Trinajstić information content (AvgIpc) is 2.89. The van der Waals surface area contributed by atoms with Crippen LogP contribution in [-0.4, -0.2) is 46.4 Å². The molecule has 0 amide bonds. The summed E-state index contributed by atoms with van der Waals surface area (Å²) in [5, 5.41) is 7.84. The molecule has 2 rings (SSSR count). The van der Waals surface area contributed by atoms with Crippen LogP contribution in [0.3, 0.4) is 0 Å². The second-order valence-electron chi connectivity index (χ2n) is 5.23. The Kier molecular flexibility index (Phi) is 4.57. The maximum Gasteiger partial charge on any atom is 0.0489 e. The second-order valence-corrected chi connectivity index (χ2v) is 5.23. The summed E-state index contributed by atoms with van der Waals surface area (Å²) in [6.07, 6.45) is 6.36. The fraction of sp³-hybridized carbons (Fsp3) is 0.769. The van der Waals surface area contributed by atoms with Crippen molar-refractivity contribution in [3.05, 3.63) is 18.5 Å². The lowest BCUT2D eigenvalue weighted by atomic mass is 10.2. The Balaban J connectivity index is 1.61. The van der Waals surface area contributed by atoms with Crippen molar-refractivity contribution in [1.29, 1.82) is 0 Å². The SMILES string of the molecule is CC(C)NC1CCN(CCCn2cccn2)C1. The Morgan fingerprint density at radius 1 is 1.41 bits per heavy atom. The van der Waals surface area contributed by atoms with E-state index in [0.29, 0.717) is 12.1 Å². The van der Waals surface area contributed by atoms with Gasteiger partial charge in [-0.3, -0.25) is 4.68 Å². The van der Waals surface area contributed by atoms with Crippen molar-refractivity contribution < 1.29 is 0 Å².